The second-order valence-corrected chi connectivity index (χ2v) is 6.64. The third-order valence-corrected chi connectivity index (χ3v) is 4.36. The van der Waals surface area contributed by atoms with E-state index < -0.39 is 0 Å². The number of rotatable bonds is 6. The van der Waals surface area contributed by atoms with Gasteiger partial charge >= 0.3 is 0 Å². The van der Waals surface area contributed by atoms with E-state index in [1.54, 1.807) is 32.2 Å². The maximum atomic E-state index is 13.3. The van der Waals surface area contributed by atoms with Gasteiger partial charge in [0.15, 0.2) is 5.96 Å². The molecule has 1 heterocycles. The van der Waals surface area contributed by atoms with Crippen LogP contribution in [-0.4, -0.2) is 29.7 Å². The van der Waals surface area contributed by atoms with Gasteiger partial charge in [0.2, 0.25) is 11.7 Å². The van der Waals surface area contributed by atoms with Crippen molar-refractivity contribution in [3.63, 3.8) is 0 Å². The number of halogens is 3. The van der Waals surface area contributed by atoms with Crippen molar-refractivity contribution in [2.75, 3.05) is 13.6 Å². The van der Waals surface area contributed by atoms with E-state index >= 15 is 0 Å². The summed E-state index contributed by atoms with van der Waals surface area (Å²) in [6.07, 6.45) is 0.553. The Labute approximate surface area is 191 Å². The van der Waals surface area contributed by atoms with Crippen LogP contribution < -0.4 is 10.6 Å². The number of guanidine groups is 1. The second-order valence-electron chi connectivity index (χ2n) is 6.20. The van der Waals surface area contributed by atoms with Crippen LogP contribution >= 0.6 is 35.6 Å². The number of hydrogen-bond acceptors (Lipinski definition) is 4. The smallest absolute Gasteiger partial charge is 0.228 e. The fourth-order valence-electron chi connectivity index (χ4n) is 2.58. The molecule has 154 valence electrons. The highest BCUT2D eigenvalue weighted by atomic mass is 127. The van der Waals surface area contributed by atoms with Gasteiger partial charge in [-0.15, -0.1) is 24.0 Å². The summed E-state index contributed by atoms with van der Waals surface area (Å²) in [7, 11) is 1.69. The normalized spacial score (nSPS) is 11.1. The standard InChI is InChI=1S/C20H21ClFN5O.HI/c1-13-11-14(3-8-17(13)22)12-25-20(23-2)24-10-9-18-26-19(27-28-18)15-4-6-16(21)7-5-15;/h3-8,11H,9-10,12H2,1-2H3,(H2,23,24,25);1H. The van der Waals surface area contributed by atoms with E-state index in [-0.39, 0.29) is 29.8 Å². The van der Waals surface area contributed by atoms with Crippen molar-refractivity contribution >= 4 is 41.5 Å². The minimum absolute atomic E-state index is 0. The average Bonchev–Trinajstić information content (AvgIpc) is 3.16. The lowest BCUT2D eigenvalue weighted by Crippen LogP contribution is -2.37. The van der Waals surface area contributed by atoms with Crippen molar-refractivity contribution in [1.29, 1.82) is 0 Å². The van der Waals surface area contributed by atoms with Crippen molar-refractivity contribution in [1.82, 2.24) is 20.8 Å². The molecular weight excluding hydrogens is 508 g/mol. The molecular formula is C20H22ClFIN5O. The lowest BCUT2D eigenvalue weighted by Gasteiger charge is -2.11. The molecule has 0 aliphatic heterocycles. The third-order valence-electron chi connectivity index (χ3n) is 4.11. The maximum Gasteiger partial charge on any atom is 0.228 e. The van der Waals surface area contributed by atoms with Crippen LogP contribution in [0.4, 0.5) is 4.39 Å². The molecule has 0 amide bonds. The molecule has 0 unspecified atom stereocenters. The van der Waals surface area contributed by atoms with Crippen molar-refractivity contribution in [3.05, 3.63) is 70.3 Å². The number of nitrogens with zero attached hydrogens (tertiary/aromatic N) is 3. The Kier molecular flexibility index (Phi) is 8.84. The summed E-state index contributed by atoms with van der Waals surface area (Å²) in [4.78, 5) is 8.56. The Morgan fingerprint density at radius 2 is 1.93 bits per heavy atom. The first-order valence-corrected chi connectivity index (χ1v) is 9.21. The number of benzene rings is 2. The van der Waals surface area contributed by atoms with Gasteiger partial charge in [0.1, 0.15) is 5.82 Å². The predicted octanol–water partition coefficient (Wildman–Crippen LogP) is 4.36. The fraction of sp³-hybridized carbons (Fsp3) is 0.250. The minimum atomic E-state index is -0.205. The van der Waals surface area contributed by atoms with Gasteiger partial charge in [-0.3, -0.25) is 4.99 Å². The van der Waals surface area contributed by atoms with Gasteiger partial charge < -0.3 is 15.2 Å². The molecule has 1 aromatic heterocycles. The Hall–Kier alpha value is -2.20. The van der Waals surface area contributed by atoms with Gasteiger partial charge in [-0.05, 0) is 48.4 Å². The number of nitrogens with one attached hydrogen (secondary N) is 2. The van der Waals surface area contributed by atoms with E-state index in [1.165, 1.54) is 6.07 Å². The van der Waals surface area contributed by atoms with Crippen LogP contribution in [0.2, 0.25) is 5.02 Å². The quantitative estimate of drug-likeness (QED) is 0.282. The summed E-state index contributed by atoms with van der Waals surface area (Å²) in [6, 6.07) is 12.3. The van der Waals surface area contributed by atoms with Gasteiger partial charge in [-0.25, -0.2) is 4.39 Å². The van der Waals surface area contributed by atoms with E-state index in [0.29, 0.717) is 47.8 Å². The minimum Gasteiger partial charge on any atom is -0.356 e. The van der Waals surface area contributed by atoms with Gasteiger partial charge in [0, 0.05) is 37.1 Å². The Morgan fingerprint density at radius 1 is 1.17 bits per heavy atom. The highest BCUT2D eigenvalue weighted by molar-refractivity contribution is 14.0. The fourth-order valence-corrected chi connectivity index (χ4v) is 2.71. The Bertz CT molecular complexity index is 962. The molecule has 0 fully saturated rings. The average molecular weight is 530 g/mol. The summed E-state index contributed by atoms with van der Waals surface area (Å²) < 4.78 is 18.6. The maximum absolute atomic E-state index is 13.3. The molecule has 0 atom stereocenters. The summed E-state index contributed by atoms with van der Waals surface area (Å²) in [6.45, 7) is 2.86. The zero-order valence-electron chi connectivity index (χ0n) is 16.1. The van der Waals surface area contributed by atoms with Crippen LogP contribution in [0.25, 0.3) is 11.4 Å². The molecule has 2 aromatic carbocycles. The molecule has 0 bridgehead atoms. The van der Waals surface area contributed by atoms with E-state index in [9.17, 15) is 4.39 Å². The molecule has 9 heteroatoms. The molecule has 3 aromatic rings. The molecule has 29 heavy (non-hydrogen) atoms. The van der Waals surface area contributed by atoms with E-state index in [4.69, 9.17) is 16.1 Å². The molecule has 0 aliphatic rings. The molecule has 3 rings (SSSR count). The van der Waals surface area contributed by atoms with Crippen LogP contribution in [0.5, 0.6) is 0 Å². The van der Waals surface area contributed by atoms with Gasteiger partial charge in [-0.1, -0.05) is 28.9 Å². The zero-order valence-corrected chi connectivity index (χ0v) is 19.2. The highest BCUT2D eigenvalue weighted by Gasteiger charge is 2.09. The number of aliphatic imine (C=N–C) groups is 1. The molecule has 0 saturated heterocycles. The van der Waals surface area contributed by atoms with E-state index in [1.807, 2.05) is 18.2 Å². The topological polar surface area (TPSA) is 75.3 Å². The predicted molar refractivity (Wildman–Crippen MR) is 123 cm³/mol. The van der Waals surface area contributed by atoms with Crippen molar-refractivity contribution in [2.45, 2.75) is 19.9 Å². The molecule has 0 spiro atoms. The summed E-state index contributed by atoms with van der Waals surface area (Å²) in [5, 5.41) is 11.0. The van der Waals surface area contributed by atoms with Gasteiger partial charge in [0.25, 0.3) is 0 Å². The van der Waals surface area contributed by atoms with Crippen LogP contribution in [0.15, 0.2) is 52.0 Å². The third kappa shape index (κ3) is 6.67. The second kappa shape index (κ2) is 11.1. The first-order valence-electron chi connectivity index (χ1n) is 8.83. The van der Waals surface area contributed by atoms with E-state index in [2.05, 4.69) is 25.8 Å². The van der Waals surface area contributed by atoms with Gasteiger partial charge in [-0.2, -0.15) is 4.98 Å². The van der Waals surface area contributed by atoms with Crippen LogP contribution in [-0.2, 0) is 13.0 Å². The summed E-state index contributed by atoms with van der Waals surface area (Å²) >= 11 is 5.89. The van der Waals surface area contributed by atoms with Crippen LogP contribution in [0, 0.1) is 12.7 Å². The molecule has 2 N–H and O–H groups in total. The summed E-state index contributed by atoms with van der Waals surface area (Å²) in [5.41, 5.74) is 2.45. The SMILES string of the molecule is CN=C(NCCc1nc(-c2ccc(Cl)cc2)no1)NCc1ccc(F)c(C)c1.I. The van der Waals surface area contributed by atoms with Crippen molar-refractivity contribution < 1.29 is 8.91 Å². The number of hydrogen-bond donors (Lipinski definition) is 2. The Balaban J connectivity index is 0.00000300. The molecule has 0 radical (unpaired) electrons. The lowest BCUT2D eigenvalue weighted by atomic mass is 10.1. The van der Waals surface area contributed by atoms with Crippen molar-refractivity contribution in [3.8, 4) is 11.4 Å². The molecule has 0 saturated carbocycles. The first kappa shape index (κ1) is 23.1. The monoisotopic (exact) mass is 529 g/mol. The number of aromatic nitrogens is 2. The summed E-state index contributed by atoms with van der Waals surface area (Å²) in [5.74, 6) is 1.49. The Morgan fingerprint density at radius 3 is 2.62 bits per heavy atom. The highest BCUT2D eigenvalue weighted by Crippen LogP contribution is 2.18. The van der Waals surface area contributed by atoms with Crippen molar-refractivity contribution in [2.24, 2.45) is 4.99 Å². The lowest BCUT2D eigenvalue weighted by molar-refractivity contribution is 0.378. The first-order chi connectivity index (χ1) is 13.5. The number of aryl methyl sites for hydroxylation is 1. The largest absolute Gasteiger partial charge is 0.356 e. The molecule has 0 aliphatic carbocycles. The van der Waals surface area contributed by atoms with Crippen LogP contribution in [0.3, 0.4) is 0 Å². The molecule has 6 nitrogen and oxygen atoms in total. The van der Waals surface area contributed by atoms with Crippen LogP contribution in [0.1, 0.15) is 17.0 Å². The van der Waals surface area contributed by atoms with Gasteiger partial charge in [0.05, 0.1) is 0 Å². The zero-order chi connectivity index (χ0) is 19.9. The van der Waals surface area contributed by atoms with E-state index in [0.717, 1.165) is 11.1 Å².